The van der Waals surface area contributed by atoms with Gasteiger partial charge in [0.2, 0.25) is 10.0 Å². The lowest BCUT2D eigenvalue weighted by molar-refractivity contribution is -0.153. The molecule has 1 aromatic heterocycles. The fourth-order valence-electron chi connectivity index (χ4n) is 4.01. The summed E-state index contributed by atoms with van der Waals surface area (Å²) in [5.74, 6) is 0.431. The van der Waals surface area contributed by atoms with E-state index in [4.69, 9.17) is 4.98 Å². The minimum Gasteiger partial charge on any atom is -0.299 e. The summed E-state index contributed by atoms with van der Waals surface area (Å²) >= 11 is 1.75. The molecule has 5 nitrogen and oxygen atoms in total. The van der Waals surface area contributed by atoms with Gasteiger partial charge in [-0.05, 0) is 49.2 Å². The quantitative estimate of drug-likeness (QED) is 0.483. The Morgan fingerprint density at radius 3 is 2.33 bits per heavy atom. The van der Waals surface area contributed by atoms with Crippen LogP contribution in [0.4, 0.5) is 13.2 Å². The van der Waals surface area contributed by atoms with E-state index in [-0.39, 0.29) is 18.0 Å². The number of nitrogens with zero attached hydrogens (tertiary/aromatic N) is 2. The molecule has 2 aromatic carbocycles. The Morgan fingerprint density at radius 1 is 1.12 bits per heavy atom. The van der Waals surface area contributed by atoms with Crippen LogP contribution < -0.4 is 4.72 Å². The van der Waals surface area contributed by atoms with E-state index in [1.807, 2.05) is 18.2 Å². The minimum absolute atomic E-state index is 0. The van der Waals surface area contributed by atoms with E-state index in [1.165, 1.54) is 21.8 Å². The molecular formula is C22H25ClF3N3O2S2. The van der Waals surface area contributed by atoms with Crippen molar-refractivity contribution in [1.82, 2.24) is 14.6 Å². The highest BCUT2D eigenvalue weighted by molar-refractivity contribution is 7.88. The second kappa shape index (κ2) is 10.3. The molecular weight excluding hydrogens is 495 g/mol. The second-order valence-electron chi connectivity index (χ2n) is 8.18. The van der Waals surface area contributed by atoms with E-state index in [0.717, 1.165) is 43.3 Å². The van der Waals surface area contributed by atoms with E-state index in [1.54, 1.807) is 28.2 Å². The molecule has 1 aliphatic heterocycles. The fraction of sp³-hybridized carbons (Fsp3) is 0.409. The number of benzene rings is 2. The standard InChI is InChI=1S/C22H24F3N3O2S2.ClH/c1-32(29,30)27-20(22(23,24)25)16-8-6-15(7-9-16)14-28-12-10-17(11-13-28)21-26-18-4-2-3-5-19(18)31-21;/h2-9,17,20,27H,10-14H2,1H3;1H/t20-;/m0./s1. The Labute approximate surface area is 201 Å². The van der Waals surface area contributed by atoms with Crippen LogP contribution in [0.3, 0.4) is 0 Å². The molecule has 0 saturated carbocycles. The molecule has 11 heteroatoms. The van der Waals surface area contributed by atoms with Crippen molar-refractivity contribution in [3.8, 4) is 0 Å². The first kappa shape index (κ1) is 25.9. The van der Waals surface area contributed by atoms with Gasteiger partial charge < -0.3 is 0 Å². The van der Waals surface area contributed by atoms with Gasteiger partial charge in [-0.3, -0.25) is 4.90 Å². The number of aromatic nitrogens is 1. The third kappa shape index (κ3) is 6.66. The second-order valence-corrected chi connectivity index (χ2v) is 11.0. The van der Waals surface area contributed by atoms with Crippen molar-refractivity contribution in [3.63, 3.8) is 0 Å². The SMILES string of the molecule is CS(=O)(=O)N[C@@H](c1ccc(CN2CCC(c3nc4ccccc4s3)CC2)cc1)C(F)(F)F.Cl. The number of alkyl halides is 3. The van der Waals surface area contributed by atoms with Crippen molar-refractivity contribution >= 4 is 44.0 Å². The number of likely N-dealkylation sites (tertiary alicyclic amines) is 1. The summed E-state index contributed by atoms with van der Waals surface area (Å²) in [4.78, 5) is 7.06. The molecule has 4 rings (SSSR count). The number of para-hydroxylation sites is 1. The van der Waals surface area contributed by atoms with Crippen molar-refractivity contribution in [2.45, 2.75) is 37.5 Å². The van der Waals surface area contributed by atoms with Gasteiger partial charge in [0.1, 0.15) is 6.04 Å². The van der Waals surface area contributed by atoms with Crippen LogP contribution in [0.5, 0.6) is 0 Å². The molecule has 0 unspecified atom stereocenters. The molecule has 3 aromatic rings. The number of rotatable bonds is 6. The van der Waals surface area contributed by atoms with E-state index in [2.05, 4.69) is 11.0 Å². The molecule has 0 spiro atoms. The summed E-state index contributed by atoms with van der Waals surface area (Å²) in [6.45, 7) is 2.43. The maximum Gasteiger partial charge on any atom is 0.408 e. The summed E-state index contributed by atoms with van der Waals surface area (Å²) in [5.41, 5.74) is 1.81. The lowest BCUT2D eigenvalue weighted by atomic mass is 9.97. The molecule has 1 atom stereocenters. The van der Waals surface area contributed by atoms with E-state index in [9.17, 15) is 21.6 Å². The number of hydrogen-bond donors (Lipinski definition) is 1. The molecule has 0 aliphatic carbocycles. The zero-order chi connectivity index (χ0) is 22.9. The van der Waals surface area contributed by atoms with Crippen LogP contribution in [0.2, 0.25) is 0 Å². The molecule has 0 radical (unpaired) electrons. The van der Waals surface area contributed by atoms with E-state index >= 15 is 0 Å². The summed E-state index contributed by atoms with van der Waals surface area (Å²) in [6.07, 6.45) is -2.01. The normalized spacial score (nSPS) is 17.1. The Morgan fingerprint density at radius 2 is 1.76 bits per heavy atom. The van der Waals surface area contributed by atoms with Gasteiger partial charge in [0, 0.05) is 12.5 Å². The predicted molar refractivity (Wildman–Crippen MR) is 127 cm³/mol. The van der Waals surface area contributed by atoms with Crippen LogP contribution in [0.15, 0.2) is 48.5 Å². The number of fused-ring (bicyclic) bond motifs is 1. The Kier molecular flexibility index (Phi) is 8.06. The molecule has 0 amide bonds. The number of thiazole rings is 1. The molecule has 1 fully saturated rings. The molecule has 33 heavy (non-hydrogen) atoms. The van der Waals surface area contributed by atoms with Crippen LogP contribution in [-0.2, 0) is 16.6 Å². The van der Waals surface area contributed by atoms with Gasteiger partial charge in [0.05, 0.1) is 21.5 Å². The van der Waals surface area contributed by atoms with Crippen molar-refractivity contribution in [2.75, 3.05) is 19.3 Å². The molecule has 1 N–H and O–H groups in total. The monoisotopic (exact) mass is 519 g/mol. The van der Waals surface area contributed by atoms with Crippen molar-refractivity contribution in [1.29, 1.82) is 0 Å². The molecule has 180 valence electrons. The maximum atomic E-state index is 13.3. The number of halogens is 4. The van der Waals surface area contributed by atoms with E-state index < -0.39 is 22.2 Å². The predicted octanol–water partition coefficient (Wildman–Crippen LogP) is 5.25. The average molecular weight is 520 g/mol. The highest BCUT2D eigenvalue weighted by atomic mass is 35.5. The van der Waals surface area contributed by atoms with Crippen LogP contribution in [-0.4, -0.2) is 43.8 Å². The lowest BCUT2D eigenvalue weighted by Crippen LogP contribution is -2.37. The molecule has 1 aliphatic rings. The van der Waals surface area contributed by atoms with E-state index in [0.29, 0.717) is 12.5 Å². The third-order valence-electron chi connectivity index (χ3n) is 5.63. The lowest BCUT2D eigenvalue weighted by Gasteiger charge is -2.31. The van der Waals surface area contributed by atoms with Crippen LogP contribution >= 0.6 is 23.7 Å². The summed E-state index contributed by atoms with van der Waals surface area (Å²) < 4.78 is 65.5. The zero-order valence-corrected chi connectivity index (χ0v) is 20.3. The van der Waals surface area contributed by atoms with Gasteiger partial charge >= 0.3 is 6.18 Å². The topological polar surface area (TPSA) is 62.3 Å². The van der Waals surface area contributed by atoms with Crippen LogP contribution in [0.25, 0.3) is 10.2 Å². The number of sulfonamides is 1. The van der Waals surface area contributed by atoms with Crippen LogP contribution in [0, 0.1) is 0 Å². The summed E-state index contributed by atoms with van der Waals surface area (Å²) in [7, 11) is -4.01. The highest BCUT2D eigenvalue weighted by Crippen LogP contribution is 2.35. The van der Waals surface area contributed by atoms with Gasteiger partial charge in [-0.1, -0.05) is 36.4 Å². The molecule has 0 bridgehead atoms. The first-order valence-corrected chi connectivity index (χ1v) is 13.0. The number of nitrogens with one attached hydrogen (secondary N) is 1. The van der Waals surface area contributed by atoms with Crippen molar-refractivity contribution in [2.24, 2.45) is 0 Å². The van der Waals surface area contributed by atoms with Gasteiger partial charge in [0.25, 0.3) is 0 Å². The van der Waals surface area contributed by atoms with Gasteiger partial charge in [-0.25, -0.2) is 13.4 Å². The Bertz CT molecular complexity index is 1140. The number of piperidine rings is 1. The minimum atomic E-state index is -4.72. The Balaban J connectivity index is 0.00000306. The largest absolute Gasteiger partial charge is 0.408 e. The average Bonchev–Trinajstić information content (AvgIpc) is 3.16. The van der Waals surface area contributed by atoms with Gasteiger partial charge in [0.15, 0.2) is 0 Å². The maximum absolute atomic E-state index is 13.3. The fourth-order valence-corrected chi connectivity index (χ4v) is 5.85. The third-order valence-corrected chi connectivity index (χ3v) is 7.49. The first-order chi connectivity index (χ1) is 15.1. The first-order valence-electron chi connectivity index (χ1n) is 10.3. The van der Waals surface area contributed by atoms with Crippen LogP contribution in [0.1, 0.15) is 40.9 Å². The highest BCUT2D eigenvalue weighted by Gasteiger charge is 2.42. The summed E-state index contributed by atoms with van der Waals surface area (Å²) in [5, 5.41) is 1.17. The molecule has 1 saturated heterocycles. The zero-order valence-electron chi connectivity index (χ0n) is 17.9. The van der Waals surface area contributed by atoms with Crippen molar-refractivity contribution < 1.29 is 21.6 Å². The number of hydrogen-bond acceptors (Lipinski definition) is 5. The Hall–Kier alpha value is -1.72. The van der Waals surface area contributed by atoms with Crippen molar-refractivity contribution in [3.05, 3.63) is 64.7 Å². The van der Waals surface area contributed by atoms with Gasteiger partial charge in [-0.2, -0.15) is 17.9 Å². The van der Waals surface area contributed by atoms with Gasteiger partial charge in [-0.15, -0.1) is 23.7 Å². The molecule has 2 heterocycles. The smallest absolute Gasteiger partial charge is 0.299 e. The summed E-state index contributed by atoms with van der Waals surface area (Å²) in [6, 6.07) is 11.8.